The third-order valence-electron chi connectivity index (χ3n) is 8.14. The maximum atomic E-state index is 16.5. The minimum Gasteiger partial charge on any atom is -0.462 e. The topological polar surface area (TPSA) is 83.9 Å². The maximum absolute atomic E-state index is 16.5. The van der Waals surface area contributed by atoms with E-state index in [2.05, 4.69) is 21.8 Å². The molecule has 2 fully saturated rings. The van der Waals surface area contributed by atoms with Crippen LogP contribution in [0.4, 0.5) is 19.4 Å². The van der Waals surface area contributed by atoms with Crippen molar-refractivity contribution in [3.05, 3.63) is 53.2 Å². The molecule has 232 valence electrons. The van der Waals surface area contributed by atoms with Crippen LogP contribution < -0.4 is 9.64 Å². The fourth-order valence-corrected chi connectivity index (χ4v) is 5.99. The summed E-state index contributed by atoms with van der Waals surface area (Å²) in [5.41, 5.74) is -0.210. The van der Waals surface area contributed by atoms with E-state index < -0.39 is 17.2 Å². The monoisotopic (exact) mass is 624 g/mol. The van der Waals surface area contributed by atoms with Crippen LogP contribution >= 0.6 is 11.6 Å². The number of aromatic nitrogens is 3. The number of hydrogen-bond acceptors (Lipinski definition) is 8. The van der Waals surface area contributed by atoms with Gasteiger partial charge in [-0.15, -0.1) is 0 Å². The second kappa shape index (κ2) is 11.9. The van der Waals surface area contributed by atoms with Gasteiger partial charge in [0.15, 0.2) is 5.82 Å². The Morgan fingerprint density at radius 3 is 2.52 bits per heavy atom. The molecule has 2 aromatic heterocycles. The summed E-state index contributed by atoms with van der Waals surface area (Å²) in [6.45, 7) is 11.6. The fraction of sp³-hybridized carbons (Fsp3) is 0.438. The molecule has 1 atom stereocenters. The Kier molecular flexibility index (Phi) is 8.19. The number of hydrogen-bond donors (Lipinski definition) is 0. The number of likely N-dealkylation sites (N-methyl/N-ethyl adjacent to an activating group) is 1. The number of halogens is 3. The lowest BCUT2D eigenvalue weighted by Gasteiger charge is -2.39. The predicted octanol–water partition coefficient (Wildman–Crippen LogP) is 6.31. The molecular formula is C32H35ClF2N6O3. The largest absolute Gasteiger partial charge is 0.462 e. The normalized spacial score (nSPS) is 17.7. The Hall–Kier alpha value is -3.83. The number of carbonyl (C=O) groups excluding carboxylic acids is 1. The zero-order chi connectivity index (χ0) is 31.2. The molecule has 4 aromatic rings. The molecule has 0 N–H and O–H groups in total. The lowest BCUT2D eigenvalue weighted by Crippen LogP contribution is -2.50. The summed E-state index contributed by atoms with van der Waals surface area (Å²) in [6.07, 6.45) is 2.16. The van der Waals surface area contributed by atoms with Crippen LogP contribution in [0.3, 0.4) is 0 Å². The highest BCUT2D eigenvalue weighted by atomic mass is 35.5. The number of anilines is 1. The molecule has 2 aromatic carbocycles. The first-order chi connectivity index (χ1) is 21.0. The van der Waals surface area contributed by atoms with Crippen LogP contribution in [-0.2, 0) is 4.74 Å². The van der Waals surface area contributed by atoms with Crippen molar-refractivity contribution in [2.24, 2.45) is 0 Å². The molecule has 2 aliphatic heterocycles. The molecule has 9 nitrogen and oxygen atoms in total. The first-order valence-corrected chi connectivity index (χ1v) is 15.2. The Bertz CT molecular complexity index is 1720. The lowest BCUT2D eigenvalue weighted by atomic mass is 10.0. The van der Waals surface area contributed by atoms with Gasteiger partial charge in [0.2, 0.25) is 0 Å². The van der Waals surface area contributed by atoms with Crippen molar-refractivity contribution in [1.29, 1.82) is 0 Å². The Labute approximate surface area is 259 Å². The quantitative estimate of drug-likeness (QED) is 0.247. The minimum atomic E-state index is -0.685. The number of carbonyl (C=O) groups is 1. The molecule has 0 saturated carbocycles. The van der Waals surface area contributed by atoms with Crippen LogP contribution in [0.15, 0.2) is 36.5 Å². The number of likely N-dealkylation sites (tertiary alicyclic amines) is 1. The van der Waals surface area contributed by atoms with Gasteiger partial charge in [-0.1, -0.05) is 42.8 Å². The van der Waals surface area contributed by atoms with E-state index in [1.165, 1.54) is 12.3 Å². The standard InChI is InChI=1S/C32H35ClF2N6O3/c1-5-39-12-11-20(39)18-43-30-37-28-22(29(38-30)40-13-15-41(16-14-40)31(42)44-32(2,3)4)17-36-27(26(28)35)21-8-6-7-19-9-10-23(34)25(33)24(19)21/h6-10,17,20H,5,11-16,18H2,1-4H3. The minimum absolute atomic E-state index is 0.00269. The van der Waals surface area contributed by atoms with E-state index in [9.17, 15) is 9.18 Å². The zero-order valence-corrected chi connectivity index (χ0v) is 26.0. The molecule has 0 spiro atoms. The molecule has 44 heavy (non-hydrogen) atoms. The Morgan fingerprint density at radius 2 is 1.84 bits per heavy atom. The molecule has 6 rings (SSSR count). The van der Waals surface area contributed by atoms with Gasteiger partial charge in [0.25, 0.3) is 0 Å². The highest BCUT2D eigenvalue weighted by Crippen LogP contribution is 2.38. The summed E-state index contributed by atoms with van der Waals surface area (Å²) in [5, 5.41) is 1.33. The fourth-order valence-electron chi connectivity index (χ4n) is 5.72. The third-order valence-corrected chi connectivity index (χ3v) is 8.51. The van der Waals surface area contributed by atoms with Gasteiger partial charge < -0.3 is 19.3 Å². The van der Waals surface area contributed by atoms with E-state index >= 15 is 4.39 Å². The zero-order valence-electron chi connectivity index (χ0n) is 25.2. The van der Waals surface area contributed by atoms with Gasteiger partial charge in [-0.25, -0.2) is 13.6 Å². The van der Waals surface area contributed by atoms with Crippen LogP contribution in [0.5, 0.6) is 6.01 Å². The second-order valence-electron chi connectivity index (χ2n) is 12.1. The molecule has 12 heteroatoms. The first-order valence-electron chi connectivity index (χ1n) is 14.9. The number of amides is 1. The van der Waals surface area contributed by atoms with E-state index in [0.717, 1.165) is 19.5 Å². The van der Waals surface area contributed by atoms with Gasteiger partial charge in [0, 0.05) is 55.9 Å². The highest BCUT2D eigenvalue weighted by Gasteiger charge is 2.30. The van der Waals surface area contributed by atoms with Crippen molar-refractivity contribution in [2.75, 3.05) is 50.8 Å². The Balaban J connectivity index is 1.39. The number of ether oxygens (including phenoxy) is 2. The first kappa shape index (κ1) is 30.2. The number of nitrogens with zero attached hydrogens (tertiary/aromatic N) is 6. The van der Waals surface area contributed by atoms with Crippen LogP contribution in [0.25, 0.3) is 32.9 Å². The Morgan fingerprint density at radius 1 is 1.07 bits per heavy atom. The van der Waals surface area contributed by atoms with Crippen molar-refractivity contribution in [2.45, 2.75) is 45.8 Å². The van der Waals surface area contributed by atoms with Crippen molar-refractivity contribution in [3.8, 4) is 17.3 Å². The molecular weight excluding hydrogens is 590 g/mol. The van der Waals surface area contributed by atoms with E-state index in [-0.39, 0.29) is 34.4 Å². The van der Waals surface area contributed by atoms with E-state index in [1.807, 2.05) is 25.7 Å². The molecule has 2 saturated heterocycles. The van der Waals surface area contributed by atoms with Gasteiger partial charge in [-0.3, -0.25) is 9.88 Å². The number of piperazine rings is 1. The maximum Gasteiger partial charge on any atom is 0.410 e. The van der Waals surface area contributed by atoms with Crippen LogP contribution in [0, 0.1) is 11.6 Å². The summed E-state index contributed by atoms with van der Waals surface area (Å²) in [5.74, 6) is -0.819. The number of rotatable bonds is 6. The van der Waals surface area contributed by atoms with Gasteiger partial charge in [0.05, 0.1) is 10.4 Å². The number of pyridine rings is 1. The third kappa shape index (κ3) is 5.82. The predicted molar refractivity (Wildman–Crippen MR) is 166 cm³/mol. The van der Waals surface area contributed by atoms with E-state index in [0.29, 0.717) is 60.3 Å². The summed E-state index contributed by atoms with van der Waals surface area (Å²) in [7, 11) is 0. The van der Waals surface area contributed by atoms with Crippen LogP contribution in [0.1, 0.15) is 34.1 Å². The number of fused-ring (bicyclic) bond motifs is 2. The summed E-state index contributed by atoms with van der Waals surface area (Å²) in [4.78, 5) is 32.3. The van der Waals surface area contributed by atoms with Crippen LogP contribution in [0.2, 0.25) is 5.02 Å². The molecule has 1 unspecified atom stereocenters. The van der Waals surface area contributed by atoms with Gasteiger partial charge in [-0.05, 0) is 45.2 Å². The second-order valence-corrected chi connectivity index (χ2v) is 12.5. The number of benzene rings is 2. The average Bonchev–Trinajstić information content (AvgIpc) is 2.98. The van der Waals surface area contributed by atoms with Gasteiger partial charge in [-0.2, -0.15) is 9.97 Å². The molecule has 0 radical (unpaired) electrons. The highest BCUT2D eigenvalue weighted by molar-refractivity contribution is 6.36. The van der Waals surface area contributed by atoms with Crippen molar-refractivity contribution in [3.63, 3.8) is 0 Å². The van der Waals surface area contributed by atoms with Crippen molar-refractivity contribution in [1.82, 2.24) is 24.8 Å². The van der Waals surface area contributed by atoms with Crippen LogP contribution in [-0.4, -0.2) is 88.4 Å². The SMILES string of the molecule is CCN1CCC1COc1nc(N2CCN(C(=O)OC(C)(C)C)CC2)c2cnc(-c3cccc4ccc(F)c(Cl)c34)c(F)c2n1. The molecule has 4 heterocycles. The molecule has 2 aliphatic rings. The molecule has 1 amide bonds. The summed E-state index contributed by atoms with van der Waals surface area (Å²) < 4.78 is 42.6. The van der Waals surface area contributed by atoms with E-state index in [4.69, 9.17) is 26.1 Å². The van der Waals surface area contributed by atoms with Gasteiger partial charge >= 0.3 is 12.1 Å². The van der Waals surface area contributed by atoms with E-state index in [1.54, 1.807) is 29.2 Å². The lowest BCUT2D eigenvalue weighted by molar-refractivity contribution is 0.0240. The van der Waals surface area contributed by atoms with Gasteiger partial charge in [0.1, 0.15) is 35.1 Å². The molecule has 0 bridgehead atoms. The average molecular weight is 625 g/mol. The smallest absolute Gasteiger partial charge is 0.410 e. The summed E-state index contributed by atoms with van der Waals surface area (Å²) >= 11 is 6.37. The van der Waals surface area contributed by atoms with Crippen molar-refractivity contribution < 1.29 is 23.0 Å². The summed E-state index contributed by atoms with van der Waals surface area (Å²) in [6, 6.07) is 8.38. The van der Waals surface area contributed by atoms with Crippen molar-refractivity contribution >= 4 is 45.2 Å². The molecule has 0 aliphatic carbocycles.